The van der Waals surface area contributed by atoms with Gasteiger partial charge in [0.05, 0.1) is 11.7 Å². The molecule has 1 aromatic carbocycles. The SMILES string of the molecule is BrCc1cccc(OCc2ccn(C3CCCC3)n2)c1. The predicted molar refractivity (Wildman–Crippen MR) is 83.1 cm³/mol. The number of benzene rings is 1. The zero-order valence-electron chi connectivity index (χ0n) is 11.5. The maximum absolute atomic E-state index is 5.81. The van der Waals surface area contributed by atoms with Gasteiger partial charge in [-0.1, -0.05) is 40.9 Å². The quantitative estimate of drug-likeness (QED) is 0.754. The minimum absolute atomic E-state index is 0.533. The summed E-state index contributed by atoms with van der Waals surface area (Å²) in [5.41, 5.74) is 2.22. The summed E-state index contributed by atoms with van der Waals surface area (Å²) in [6, 6.07) is 10.8. The molecule has 1 saturated carbocycles. The molecule has 20 heavy (non-hydrogen) atoms. The van der Waals surface area contributed by atoms with Gasteiger partial charge in [-0.3, -0.25) is 4.68 Å². The molecule has 0 atom stereocenters. The first-order valence-corrected chi connectivity index (χ1v) is 8.29. The molecule has 1 aromatic heterocycles. The monoisotopic (exact) mass is 334 g/mol. The first-order valence-electron chi connectivity index (χ1n) is 7.17. The third-order valence-electron chi connectivity index (χ3n) is 3.80. The Labute approximate surface area is 128 Å². The third-order valence-corrected chi connectivity index (χ3v) is 4.45. The highest BCUT2D eigenvalue weighted by atomic mass is 79.9. The zero-order valence-corrected chi connectivity index (χ0v) is 13.1. The fourth-order valence-electron chi connectivity index (χ4n) is 2.70. The van der Waals surface area contributed by atoms with Crippen LogP contribution in [0, 0.1) is 0 Å². The molecule has 106 valence electrons. The molecule has 0 spiro atoms. The molecule has 0 bridgehead atoms. The largest absolute Gasteiger partial charge is 0.487 e. The van der Waals surface area contributed by atoms with Gasteiger partial charge in [0.25, 0.3) is 0 Å². The van der Waals surface area contributed by atoms with Crippen LogP contribution >= 0.6 is 15.9 Å². The minimum Gasteiger partial charge on any atom is -0.487 e. The van der Waals surface area contributed by atoms with Crippen molar-refractivity contribution in [2.24, 2.45) is 0 Å². The van der Waals surface area contributed by atoms with Crippen LogP contribution in [0.4, 0.5) is 0 Å². The number of aromatic nitrogens is 2. The molecule has 1 aliphatic rings. The summed E-state index contributed by atoms with van der Waals surface area (Å²) in [6.07, 6.45) is 7.26. The molecule has 3 nitrogen and oxygen atoms in total. The molecule has 1 aliphatic carbocycles. The van der Waals surface area contributed by atoms with Crippen LogP contribution in [0.3, 0.4) is 0 Å². The topological polar surface area (TPSA) is 27.1 Å². The lowest BCUT2D eigenvalue weighted by Crippen LogP contribution is -2.06. The van der Waals surface area contributed by atoms with Crippen LogP contribution in [-0.4, -0.2) is 9.78 Å². The molecule has 0 aliphatic heterocycles. The van der Waals surface area contributed by atoms with Gasteiger partial charge in [0.1, 0.15) is 12.4 Å². The fourth-order valence-corrected chi connectivity index (χ4v) is 3.05. The lowest BCUT2D eigenvalue weighted by atomic mass is 10.2. The Kier molecular flexibility index (Phi) is 4.41. The standard InChI is InChI=1S/C16H19BrN2O/c17-11-13-4-3-7-16(10-13)20-12-14-8-9-19(18-14)15-5-1-2-6-15/h3-4,7-10,15H,1-2,5-6,11-12H2. The second-order valence-corrected chi connectivity index (χ2v) is 5.86. The molecule has 1 fully saturated rings. The van der Waals surface area contributed by atoms with Crippen molar-refractivity contribution in [1.29, 1.82) is 0 Å². The molecule has 0 saturated heterocycles. The molecule has 0 radical (unpaired) electrons. The van der Waals surface area contributed by atoms with Gasteiger partial charge < -0.3 is 4.74 Å². The molecule has 0 amide bonds. The summed E-state index contributed by atoms with van der Waals surface area (Å²) >= 11 is 3.46. The Morgan fingerprint density at radius 1 is 1.25 bits per heavy atom. The summed E-state index contributed by atoms with van der Waals surface area (Å²) in [6.45, 7) is 0.533. The van der Waals surface area contributed by atoms with E-state index in [9.17, 15) is 0 Å². The number of ether oxygens (including phenoxy) is 1. The summed E-state index contributed by atoms with van der Waals surface area (Å²) < 4.78 is 7.93. The highest BCUT2D eigenvalue weighted by molar-refractivity contribution is 9.08. The van der Waals surface area contributed by atoms with Gasteiger partial charge in [0.15, 0.2) is 0 Å². The molecule has 1 heterocycles. The second-order valence-electron chi connectivity index (χ2n) is 5.30. The van der Waals surface area contributed by atoms with Gasteiger partial charge in [-0.25, -0.2) is 0 Å². The highest BCUT2D eigenvalue weighted by Crippen LogP contribution is 2.28. The van der Waals surface area contributed by atoms with Gasteiger partial charge in [-0.15, -0.1) is 0 Å². The van der Waals surface area contributed by atoms with Crippen LogP contribution in [0.1, 0.15) is 43.0 Å². The maximum Gasteiger partial charge on any atom is 0.132 e. The smallest absolute Gasteiger partial charge is 0.132 e. The molecule has 0 N–H and O–H groups in total. The lowest BCUT2D eigenvalue weighted by Gasteiger charge is -2.09. The summed E-state index contributed by atoms with van der Waals surface area (Å²) in [5, 5.41) is 5.48. The highest BCUT2D eigenvalue weighted by Gasteiger charge is 2.17. The molecule has 3 rings (SSSR count). The Balaban J connectivity index is 1.60. The molecule has 0 unspecified atom stereocenters. The molecule has 4 heteroatoms. The van der Waals surface area contributed by atoms with Crippen molar-refractivity contribution >= 4 is 15.9 Å². The molecular weight excluding hydrogens is 316 g/mol. The van der Waals surface area contributed by atoms with Crippen molar-refractivity contribution in [3.05, 3.63) is 47.8 Å². The third kappa shape index (κ3) is 3.23. The van der Waals surface area contributed by atoms with Crippen molar-refractivity contribution in [1.82, 2.24) is 9.78 Å². The first-order chi connectivity index (χ1) is 9.85. The van der Waals surface area contributed by atoms with Crippen LogP contribution < -0.4 is 4.74 Å². The second kappa shape index (κ2) is 6.44. The number of alkyl halides is 1. The fraction of sp³-hybridized carbons (Fsp3) is 0.438. The van der Waals surface area contributed by atoms with Gasteiger partial charge in [0, 0.05) is 11.5 Å². The van der Waals surface area contributed by atoms with Gasteiger partial charge in [-0.2, -0.15) is 5.10 Å². The molecule has 2 aromatic rings. The average Bonchev–Trinajstić information content (AvgIpc) is 3.16. The minimum atomic E-state index is 0.533. The number of nitrogens with zero attached hydrogens (tertiary/aromatic N) is 2. The number of hydrogen-bond acceptors (Lipinski definition) is 2. The average molecular weight is 335 g/mol. The van der Waals surface area contributed by atoms with Crippen molar-refractivity contribution in [2.45, 2.75) is 43.7 Å². The van der Waals surface area contributed by atoms with E-state index in [1.165, 1.54) is 31.2 Å². The van der Waals surface area contributed by atoms with Gasteiger partial charge in [0.2, 0.25) is 0 Å². The Morgan fingerprint density at radius 3 is 2.90 bits per heavy atom. The normalized spacial score (nSPS) is 15.7. The zero-order chi connectivity index (χ0) is 13.8. The van der Waals surface area contributed by atoms with E-state index in [1.807, 2.05) is 12.1 Å². The van der Waals surface area contributed by atoms with Gasteiger partial charge >= 0.3 is 0 Å². The molecular formula is C16H19BrN2O. The number of halogens is 1. The van der Waals surface area contributed by atoms with E-state index < -0.39 is 0 Å². The van der Waals surface area contributed by atoms with Crippen molar-refractivity contribution in [3.63, 3.8) is 0 Å². The van der Waals surface area contributed by atoms with E-state index in [0.29, 0.717) is 12.6 Å². The van der Waals surface area contributed by atoms with Crippen LogP contribution in [0.25, 0.3) is 0 Å². The van der Waals surface area contributed by atoms with Crippen molar-refractivity contribution < 1.29 is 4.74 Å². The van der Waals surface area contributed by atoms with E-state index in [1.54, 1.807) is 0 Å². The van der Waals surface area contributed by atoms with Crippen LogP contribution in [0.15, 0.2) is 36.5 Å². The summed E-state index contributed by atoms with van der Waals surface area (Å²) in [7, 11) is 0. The van der Waals surface area contributed by atoms with Gasteiger partial charge in [-0.05, 0) is 36.6 Å². The Bertz CT molecular complexity index is 561. The van der Waals surface area contributed by atoms with Crippen molar-refractivity contribution in [3.8, 4) is 5.75 Å². The first kappa shape index (κ1) is 13.7. The van der Waals surface area contributed by atoms with Crippen LogP contribution in [0.2, 0.25) is 0 Å². The lowest BCUT2D eigenvalue weighted by molar-refractivity contribution is 0.297. The van der Waals surface area contributed by atoms with Crippen LogP contribution in [-0.2, 0) is 11.9 Å². The van der Waals surface area contributed by atoms with E-state index in [4.69, 9.17) is 4.74 Å². The van der Waals surface area contributed by atoms with Crippen LogP contribution in [0.5, 0.6) is 5.75 Å². The Morgan fingerprint density at radius 2 is 2.10 bits per heavy atom. The van der Waals surface area contributed by atoms with E-state index in [0.717, 1.165) is 16.8 Å². The Hall–Kier alpha value is -1.29. The maximum atomic E-state index is 5.81. The van der Waals surface area contributed by atoms with E-state index in [-0.39, 0.29) is 0 Å². The number of rotatable bonds is 5. The van der Waals surface area contributed by atoms with E-state index >= 15 is 0 Å². The van der Waals surface area contributed by atoms with E-state index in [2.05, 4.69) is 50.1 Å². The summed E-state index contributed by atoms with van der Waals surface area (Å²) in [5.74, 6) is 0.900. The van der Waals surface area contributed by atoms with Crippen molar-refractivity contribution in [2.75, 3.05) is 0 Å². The number of hydrogen-bond donors (Lipinski definition) is 0. The summed E-state index contributed by atoms with van der Waals surface area (Å²) in [4.78, 5) is 0. The predicted octanol–water partition coefficient (Wildman–Crippen LogP) is 4.47.